The van der Waals surface area contributed by atoms with Gasteiger partial charge in [-0.15, -0.1) is 0 Å². The van der Waals surface area contributed by atoms with E-state index < -0.39 is 0 Å². The van der Waals surface area contributed by atoms with E-state index in [0.717, 1.165) is 18.2 Å². The largest absolute Gasteiger partial charge is 0.349 e. The molecule has 1 aliphatic rings. The summed E-state index contributed by atoms with van der Waals surface area (Å²) in [5.74, 6) is 0.908. The molecule has 0 amide bonds. The molecule has 2 rings (SSSR count). The van der Waals surface area contributed by atoms with Gasteiger partial charge >= 0.3 is 0 Å². The fourth-order valence-electron chi connectivity index (χ4n) is 1.31. The van der Waals surface area contributed by atoms with Gasteiger partial charge in [-0.2, -0.15) is 0 Å². The summed E-state index contributed by atoms with van der Waals surface area (Å²) in [6.07, 6.45) is 1.93. The monoisotopic (exact) mass is 189 g/mol. The minimum Gasteiger partial charge on any atom is -0.349 e. The molecular formula is C11H15N3. The van der Waals surface area contributed by atoms with E-state index in [1.807, 2.05) is 12.3 Å². The molecule has 1 N–H and O–H groups in total. The number of nitrogens with zero attached hydrogens (tertiary/aromatic N) is 2. The Morgan fingerprint density at radius 2 is 2.00 bits per heavy atom. The number of nitrogens with one attached hydrogen (secondary N) is 1. The van der Waals surface area contributed by atoms with Gasteiger partial charge in [0.15, 0.2) is 5.84 Å². The van der Waals surface area contributed by atoms with Crippen molar-refractivity contribution in [3.05, 3.63) is 29.6 Å². The maximum absolute atomic E-state index is 4.37. The van der Waals surface area contributed by atoms with Crippen LogP contribution < -0.4 is 5.32 Å². The van der Waals surface area contributed by atoms with Gasteiger partial charge in [-0.25, -0.2) is 4.99 Å². The van der Waals surface area contributed by atoms with Crippen LogP contribution in [-0.4, -0.2) is 17.5 Å². The van der Waals surface area contributed by atoms with Crippen molar-refractivity contribution in [2.75, 3.05) is 6.67 Å². The maximum Gasteiger partial charge on any atom is 0.150 e. The van der Waals surface area contributed by atoms with E-state index in [4.69, 9.17) is 0 Å². The first-order valence-electron chi connectivity index (χ1n) is 4.82. The van der Waals surface area contributed by atoms with Gasteiger partial charge in [0.05, 0.1) is 0 Å². The zero-order valence-corrected chi connectivity index (χ0v) is 8.83. The van der Waals surface area contributed by atoms with Gasteiger partial charge in [0, 0.05) is 6.20 Å². The minimum absolute atomic E-state index is 0.167. The fraction of sp³-hybridized carbons (Fsp3) is 0.455. The van der Waals surface area contributed by atoms with Crippen molar-refractivity contribution in [1.29, 1.82) is 0 Å². The molecule has 0 saturated heterocycles. The van der Waals surface area contributed by atoms with Gasteiger partial charge in [-0.3, -0.25) is 4.98 Å². The van der Waals surface area contributed by atoms with E-state index in [9.17, 15) is 0 Å². The lowest BCUT2D eigenvalue weighted by molar-refractivity contribution is 0.587. The molecule has 74 valence electrons. The van der Waals surface area contributed by atoms with Crippen LogP contribution in [0.4, 0.5) is 0 Å². The Bertz CT molecular complexity index is 357. The fourth-order valence-corrected chi connectivity index (χ4v) is 1.31. The second-order valence-corrected chi connectivity index (χ2v) is 4.52. The van der Waals surface area contributed by atoms with Crippen molar-refractivity contribution in [2.45, 2.75) is 26.2 Å². The molecule has 0 aromatic carbocycles. The topological polar surface area (TPSA) is 37.3 Å². The van der Waals surface area contributed by atoms with Crippen LogP contribution in [0.2, 0.25) is 0 Å². The van der Waals surface area contributed by atoms with Crippen LogP contribution in [-0.2, 0) is 5.41 Å². The molecule has 0 bridgehead atoms. The number of amidine groups is 1. The zero-order chi connectivity index (χ0) is 10.2. The molecule has 0 saturated carbocycles. The first-order chi connectivity index (χ1) is 6.57. The minimum atomic E-state index is 0.167. The van der Waals surface area contributed by atoms with E-state index >= 15 is 0 Å². The van der Waals surface area contributed by atoms with Gasteiger partial charge in [0.2, 0.25) is 0 Å². The molecule has 0 fully saturated rings. The molecule has 0 spiro atoms. The summed E-state index contributed by atoms with van der Waals surface area (Å²) in [6, 6.07) is 4.14. The summed E-state index contributed by atoms with van der Waals surface area (Å²) < 4.78 is 0. The van der Waals surface area contributed by atoms with Crippen molar-refractivity contribution < 1.29 is 0 Å². The third kappa shape index (κ3) is 1.62. The first-order valence-corrected chi connectivity index (χ1v) is 4.82. The van der Waals surface area contributed by atoms with Crippen LogP contribution in [0.15, 0.2) is 23.3 Å². The van der Waals surface area contributed by atoms with Crippen LogP contribution in [0.5, 0.6) is 0 Å². The highest BCUT2D eigenvalue weighted by Gasteiger charge is 2.15. The maximum atomic E-state index is 4.37. The van der Waals surface area contributed by atoms with Crippen LogP contribution in [0.3, 0.4) is 0 Å². The number of rotatable bonds is 1. The second kappa shape index (κ2) is 3.08. The highest BCUT2D eigenvalue weighted by molar-refractivity contribution is 5.99. The Labute approximate surface area is 84.3 Å². The molecule has 1 aromatic heterocycles. The quantitative estimate of drug-likeness (QED) is 0.730. The predicted octanol–water partition coefficient (Wildman–Crippen LogP) is 1.69. The lowest BCUT2D eigenvalue weighted by Gasteiger charge is -2.20. The van der Waals surface area contributed by atoms with E-state index in [1.165, 1.54) is 5.56 Å². The zero-order valence-electron chi connectivity index (χ0n) is 8.83. The normalized spacial score (nSPS) is 15.5. The second-order valence-electron chi connectivity index (χ2n) is 4.52. The van der Waals surface area contributed by atoms with Gasteiger partial charge in [-0.05, 0) is 17.0 Å². The van der Waals surface area contributed by atoms with Crippen LogP contribution in [0.25, 0.3) is 0 Å². The van der Waals surface area contributed by atoms with Crippen LogP contribution >= 0.6 is 0 Å². The van der Waals surface area contributed by atoms with Crippen LogP contribution in [0, 0.1) is 0 Å². The average Bonchev–Trinajstić information content (AvgIpc) is 2.00. The molecule has 1 aliphatic heterocycles. The third-order valence-electron chi connectivity index (χ3n) is 2.36. The Balaban J connectivity index is 2.26. The lowest BCUT2D eigenvalue weighted by Crippen LogP contribution is -2.35. The van der Waals surface area contributed by atoms with Crippen molar-refractivity contribution in [2.24, 2.45) is 4.99 Å². The number of aromatic nitrogens is 1. The molecule has 0 aliphatic carbocycles. The lowest BCUT2D eigenvalue weighted by atomic mass is 9.88. The smallest absolute Gasteiger partial charge is 0.150 e. The van der Waals surface area contributed by atoms with Gasteiger partial charge in [0.25, 0.3) is 0 Å². The van der Waals surface area contributed by atoms with Gasteiger partial charge in [0.1, 0.15) is 12.4 Å². The van der Waals surface area contributed by atoms with Crippen molar-refractivity contribution in [1.82, 2.24) is 10.3 Å². The summed E-state index contributed by atoms with van der Waals surface area (Å²) in [5, 5.41) is 3.11. The van der Waals surface area contributed by atoms with E-state index in [-0.39, 0.29) is 5.41 Å². The highest BCUT2D eigenvalue weighted by atomic mass is 15.2. The van der Waals surface area contributed by atoms with E-state index in [0.29, 0.717) is 0 Å². The Morgan fingerprint density at radius 3 is 2.36 bits per heavy atom. The molecule has 0 atom stereocenters. The molecule has 0 unspecified atom stereocenters. The molecule has 1 aromatic rings. The highest BCUT2D eigenvalue weighted by Crippen LogP contribution is 2.21. The van der Waals surface area contributed by atoms with E-state index in [1.54, 1.807) is 0 Å². The summed E-state index contributed by atoms with van der Waals surface area (Å²) in [5.41, 5.74) is 2.35. The van der Waals surface area contributed by atoms with Crippen molar-refractivity contribution >= 4 is 5.84 Å². The first kappa shape index (κ1) is 9.19. The standard InChI is InChI=1S/C11H15N3/c1-11(2,3)8-4-5-9(12-6-8)10-13-7-14-10/h4-6H,7H2,1-3H3,(H,13,14). The summed E-state index contributed by atoms with van der Waals surface area (Å²) in [7, 11) is 0. The van der Waals surface area contributed by atoms with Crippen molar-refractivity contribution in [3.63, 3.8) is 0 Å². The van der Waals surface area contributed by atoms with Crippen molar-refractivity contribution in [3.8, 4) is 0 Å². The molecular weight excluding hydrogens is 174 g/mol. The number of hydrogen-bond acceptors (Lipinski definition) is 3. The van der Waals surface area contributed by atoms with Crippen LogP contribution in [0.1, 0.15) is 32.0 Å². The van der Waals surface area contributed by atoms with Gasteiger partial charge < -0.3 is 5.32 Å². The predicted molar refractivity (Wildman–Crippen MR) is 57.5 cm³/mol. The Morgan fingerprint density at radius 1 is 1.29 bits per heavy atom. The molecule has 3 heteroatoms. The SMILES string of the molecule is CC(C)(C)c1ccc(C2=NCN2)nc1. The molecule has 0 radical (unpaired) electrons. The molecule has 2 heterocycles. The van der Waals surface area contributed by atoms with Gasteiger partial charge in [-0.1, -0.05) is 26.8 Å². The third-order valence-corrected chi connectivity index (χ3v) is 2.36. The molecule has 14 heavy (non-hydrogen) atoms. The average molecular weight is 189 g/mol. The Kier molecular flexibility index (Phi) is 2.02. The van der Waals surface area contributed by atoms with E-state index in [2.05, 4.69) is 42.1 Å². The summed E-state index contributed by atoms with van der Waals surface area (Å²) >= 11 is 0. The number of aliphatic imine (C=N–C) groups is 1. The number of hydrogen-bond donors (Lipinski definition) is 1. The summed E-state index contributed by atoms with van der Waals surface area (Å²) in [4.78, 5) is 8.55. The number of pyridine rings is 1. The Hall–Kier alpha value is -1.38. The molecule has 3 nitrogen and oxygen atoms in total. The summed E-state index contributed by atoms with van der Waals surface area (Å²) in [6.45, 7) is 7.27.